The molecule has 2 aliphatic rings. The van der Waals surface area contributed by atoms with Crippen LogP contribution in [0.5, 0.6) is 0 Å². The van der Waals surface area contributed by atoms with Gasteiger partial charge in [-0.25, -0.2) is 9.07 Å². The van der Waals surface area contributed by atoms with Crippen LogP contribution in [0.25, 0.3) is 5.69 Å². The Bertz CT molecular complexity index is 804. The van der Waals surface area contributed by atoms with Gasteiger partial charge in [-0.2, -0.15) is 5.10 Å². The lowest BCUT2D eigenvalue weighted by Crippen LogP contribution is -2.50. The summed E-state index contributed by atoms with van der Waals surface area (Å²) in [6.45, 7) is 7.68. The molecule has 1 amide bonds. The normalized spacial score (nSPS) is 17.8. The van der Waals surface area contributed by atoms with E-state index in [4.69, 9.17) is 0 Å². The number of hydrogen-bond donors (Lipinski definition) is 0. The Morgan fingerprint density at radius 3 is 2.42 bits per heavy atom. The van der Waals surface area contributed by atoms with Crippen LogP contribution in [0, 0.1) is 5.82 Å². The highest BCUT2D eigenvalue weighted by molar-refractivity contribution is 5.94. The average molecular weight is 356 g/mol. The monoisotopic (exact) mass is 356 g/mol. The Labute approximate surface area is 153 Å². The van der Waals surface area contributed by atoms with Gasteiger partial charge in [0.1, 0.15) is 5.82 Å². The molecule has 2 heterocycles. The predicted octanol–water partition coefficient (Wildman–Crippen LogP) is 2.67. The summed E-state index contributed by atoms with van der Waals surface area (Å²) in [5, 5.41) is 4.65. The zero-order valence-electron chi connectivity index (χ0n) is 15.4. The van der Waals surface area contributed by atoms with Crippen LogP contribution in [-0.2, 0) is 12.8 Å². The average Bonchev–Trinajstić information content (AvgIpc) is 3.25. The Morgan fingerprint density at radius 2 is 1.77 bits per heavy atom. The lowest BCUT2D eigenvalue weighted by Gasteiger charge is -2.36. The number of aromatic nitrogens is 2. The molecule has 1 saturated heterocycles. The number of carbonyl (C=O) groups excluding carboxylic acids is 1. The summed E-state index contributed by atoms with van der Waals surface area (Å²) in [6.07, 6.45) is 2.84. The van der Waals surface area contributed by atoms with Gasteiger partial charge in [0.15, 0.2) is 5.69 Å². The van der Waals surface area contributed by atoms with Crippen LogP contribution in [0.3, 0.4) is 0 Å². The number of piperazine rings is 1. The van der Waals surface area contributed by atoms with E-state index in [0.29, 0.717) is 11.7 Å². The largest absolute Gasteiger partial charge is 0.335 e. The van der Waals surface area contributed by atoms with Crippen molar-refractivity contribution in [2.24, 2.45) is 0 Å². The summed E-state index contributed by atoms with van der Waals surface area (Å²) in [4.78, 5) is 17.4. The van der Waals surface area contributed by atoms with Crippen molar-refractivity contribution in [1.29, 1.82) is 0 Å². The van der Waals surface area contributed by atoms with Gasteiger partial charge in [-0.3, -0.25) is 9.69 Å². The van der Waals surface area contributed by atoms with Gasteiger partial charge >= 0.3 is 0 Å². The third-order valence-electron chi connectivity index (χ3n) is 5.54. The van der Waals surface area contributed by atoms with Crippen molar-refractivity contribution < 1.29 is 9.18 Å². The SMILES string of the molecule is CC(C)N1CCN(C(=O)c2nn(-c3ccc(F)cc3)c3c2CCC3)CC1. The van der Waals surface area contributed by atoms with E-state index in [1.54, 1.807) is 12.1 Å². The van der Waals surface area contributed by atoms with Crippen molar-refractivity contribution in [3.8, 4) is 5.69 Å². The summed E-state index contributed by atoms with van der Waals surface area (Å²) >= 11 is 0. The Balaban J connectivity index is 1.60. The quantitative estimate of drug-likeness (QED) is 0.849. The van der Waals surface area contributed by atoms with Gasteiger partial charge in [-0.1, -0.05) is 0 Å². The maximum atomic E-state index is 13.2. The third-order valence-corrected chi connectivity index (χ3v) is 5.54. The van der Waals surface area contributed by atoms with Crippen molar-refractivity contribution in [1.82, 2.24) is 19.6 Å². The van der Waals surface area contributed by atoms with Crippen LogP contribution in [0.4, 0.5) is 4.39 Å². The molecule has 0 unspecified atom stereocenters. The van der Waals surface area contributed by atoms with Crippen LogP contribution >= 0.6 is 0 Å². The Morgan fingerprint density at radius 1 is 1.08 bits per heavy atom. The molecule has 1 aliphatic heterocycles. The Hall–Kier alpha value is -2.21. The molecule has 0 radical (unpaired) electrons. The van der Waals surface area contributed by atoms with Crippen molar-refractivity contribution in [3.63, 3.8) is 0 Å². The van der Waals surface area contributed by atoms with E-state index >= 15 is 0 Å². The summed E-state index contributed by atoms with van der Waals surface area (Å²) in [7, 11) is 0. The molecule has 1 aliphatic carbocycles. The molecule has 26 heavy (non-hydrogen) atoms. The van der Waals surface area contributed by atoms with E-state index in [9.17, 15) is 9.18 Å². The number of benzene rings is 1. The summed E-state index contributed by atoms with van der Waals surface area (Å²) in [5.74, 6) is -0.232. The Kier molecular flexibility index (Phi) is 4.53. The molecule has 1 aromatic heterocycles. The number of amides is 1. The van der Waals surface area contributed by atoms with E-state index in [1.807, 2.05) is 9.58 Å². The third kappa shape index (κ3) is 3.03. The molecule has 0 bridgehead atoms. The van der Waals surface area contributed by atoms with Gasteiger partial charge in [0, 0.05) is 43.5 Å². The van der Waals surface area contributed by atoms with E-state index in [-0.39, 0.29) is 11.7 Å². The second-order valence-corrected chi connectivity index (χ2v) is 7.44. The molecule has 0 N–H and O–H groups in total. The number of halogens is 1. The van der Waals surface area contributed by atoms with Crippen molar-refractivity contribution in [2.75, 3.05) is 26.2 Å². The molecule has 1 aromatic carbocycles. The second-order valence-electron chi connectivity index (χ2n) is 7.44. The van der Waals surface area contributed by atoms with Crippen LogP contribution in [0.1, 0.15) is 42.0 Å². The van der Waals surface area contributed by atoms with E-state index in [0.717, 1.165) is 62.4 Å². The fourth-order valence-electron chi connectivity index (χ4n) is 4.00. The maximum Gasteiger partial charge on any atom is 0.274 e. The van der Waals surface area contributed by atoms with Crippen LogP contribution < -0.4 is 0 Å². The van der Waals surface area contributed by atoms with Crippen LogP contribution in [0.15, 0.2) is 24.3 Å². The molecule has 5 nitrogen and oxygen atoms in total. The first kappa shape index (κ1) is 17.2. The summed E-state index contributed by atoms with van der Waals surface area (Å²) in [6, 6.07) is 6.82. The van der Waals surface area contributed by atoms with Gasteiger partial charge in [0.2, 0.25) is 0 Å². The number of hydrogen-bond acceptors (Lipinski definition) is 3. The van der Waals surface area contributed by atoms with E-state index in [2.05, 4.69) is 23.8 Å². The maximum absolute atomic E-state index is 13.2. The minimum Gasteiger partial charge on any atom is -0.335 e. The molecule has 6 heteroatoms. The lowest BCUT2D eigenvalue weighted by molar-refractivity contribution is 0.0588. The van der Waals surface area contributed by atoms with Crippen molar-refractivity contribution >= 4 is 5.91 Å². The number of fused-ring (bicyclic) bond motifs is 1. The molecule has 0 saturated carbocycles. The molecule has 2 aromatic rings. The fourth-order valence-corrected chi connectivity index (χ4v) is 4.00. The van der Waals surface area contributed by atoms with Gasteiger partial charge in [0.05, 0.1) is 5.69 Å². The summed E-state index contributed by atoms with van der Waals surface area (Å²) < 4.78 is 15.1. The minimum absolute atomic E-state index is 0.0346. The van der Waals surface area contributed by atoms with Gasteiger partial charge < -0.3 is 4.90 Å². The zero-order chi connectivity index (χ0) is 18.3. The molecule has 0 spiro atoms. The van der Waals surface area contributed by atoms with Gasteiger partial charge in [-0.05, 0) is 57.4 Å². The van der Waals surface area contributed by atoms with E-state index in [1.165, 1.54) is 12.1 Å². The standard InChI is InChI=1S/C20H25FN4O/c1-14(2)23-10-12-24(13-11-23)20(26)19-17-4-3-5-18(17)25(22-19)16-8-6-15(21)7-9-16/h6-9,14H,3-5,10-13H2,1-2H3. The van der Waals surface area contributed by atoms with Crippen LogP contribution in [0.2, 0.25) is 0 Å². The molecule has 0 atom stereocenters. The van der Waals surface area contributed by atoms with Crippen LogP contribution in [-0.4, -0.2) is 57.7 Å². The number of carbonyl (C=O) groups is 1. The highest BCUT2D eigenvalue weighted by Crippen LogP contribution is 2.29. The summed E-state index contributed by atoms with van der Waals surface area (Å²) in [5.41, 5.74) is 3.57. The molecular formula is C20H25FN4O. The van der Waals surface area contributed by atoms with E-state index < -0.39 is 0 Å². The number of nitrogens with zero attached hydrogens (tertiary/aromatic N) is 4. The highest BCUT2D eigenvalue weighted by Gasteiger charge is 2.31. The smallest absolute Gasteiger partial charge is 0.274 e. The lowest BCUT2D eigenvalue weighted by atomic mass is 10.1. The molecule has 1 fully saturated rings. The first-order chi connectivity index (χ1) is 12.5. The first-order valence-corrected chi connectivity index (χ1v) is 9.44. The molecule has 138 valence electrons. The minimum atomic E-state index is -0.267. The van der Waals surface area contributed by atoms with Gasteiger partial charge in [0.25, 0.3) is 5.91 Å². The predicted molar refractivity (Wildman–Crippen MR) is 98.2 cm³/mol. The fraction of sp³-hybridized carbons (Fsp3) is 0.500. The second kappa shape index (κ2) is 6.83. The zero-order valence-corrected chi connectivity index (χ0v) is 15.4. The van der Waals surface area contributed by atoms with Gasteiger partial charge in [-0.15, -0.1) is 0 Å². The topological polar surface area (TPSA) is 41.4 Å². The van der Waals surface area contributed by atoms with Crippen molar-refractivity contribution in [2.45, 2.75) is 39.2 Å². The number of rotatable bonds is 3. The molecule has 4 rings (SSSR count). The highest BCUT2D eigenvalue weighted by atomic mass is 19.1. The van der Waals surface area contributed by atoms with Crippen molar-refractivity contribution in [3.05, 3.63) is 47.0 Å². The molecular weight excluding hydrogens is 331 g/mol. The first-order valence-electron chi connectivity index (χ1n) is 9.44.